The van der Waals surface area contributed by atoms with E-state index in [0.29, 0.717) is 23.7 Å². The molecule has 0 heterocycles. The van der Waals surface area contributed by atoms with Crippen LogP contribution >= 0.6 is 7.82 Å². The number of allylic oxidation sites excluding steroid dienone is 1. The Bertz CT molecular complexity index is 861. The monoisotopic (exact) mass is 677 g/mol. The van der Waals surface area contributed by atoms with E-state index in [4.69, 9.17) is 18.5 Å². The summed E-state index contributed by atoms with van der Waals surface area (Å²) in [6.07, 6.45) is 20.0. The highest BCUT2D eigenvalue weighted by Crippen LogP contribution is 2.38. The molecule has 270 valence electrons. The number of aldehydes is 1. The van der Waals surface area contributed by atoms with Gasteiger partial charge in [-0.3, -0.25) is 18.9 Å². The minimum absolute atomic E-state index is 0.0649. The van der Waals surface area contributed by atoms with Gasteiger partial charge in [-0.05, 0) is 25.3 Å². The number of rotatable bonds is 32. The number of phosphoric acid groups is 1. The molecule has 3 atom stereocenters. The van der Waals surface area contributed by atoms with E-state index >= 15 is 0 Å². The maximum Gasteiger partial charge on any atom is 0.306 e. The molecule has 0 aliphatic carbocycles. The molecular weight excluding hydrogens is 613 g/mol. The molecule has 0 aliphatic heterocycles. The fourth-order valence-electron chi connectivity index (χ4n) is 4.62. The van der Waals surface area contributed by atoms with Crippen LogP contribution in [0.4, 0.5) is 0 Å². The van der Waals surface area contributed by atoms with Gasteiger partial charge in [0.1, 0.15) is 26.0 Å². The number of nitrogens with zero attached hydrogens (tertiary/aromatic N) is 1. The van der Waals surface area contributed by atoms with E-state index in [0.717, 1.165) is 19.3 Å². The molecule has 0 rings (SSSR count). The summed E-state index contributed by atoms with van der Waals surface area (Å²) < 4.78 is 33.2. The second kappa shape index (κ2) is 28.4. The second-order valence-electron chi connectivity index (χ2n) is 13.1. The van der Waals surface area contributed by atoms with E-state index in [1.165, 1.54) is 82.8 Å². The fourth-order valence-corrected chi connectivity index (χ4v) is 5.35. The van der Waals surface area contributed by atoms with Crippen molar-refractivity contribution in [3.63, 3.8) is 0 Å². The van der Waals surface area contributed by atoms with Crippen molar-refractivity contribution in [2.45, 2.75) is 141 Å². The lowest BCUT2D eigenvalue weighted by atomic mass is 10.0. The molecular formula is C34H64NO10P. The van der Waals surface area contributed by atoms with Crippen LogP contribution in [0, 0.1) is 0 Å². The number of aliphatic hydroxyl groups is 1. The van der Waals surface area contributed by atoms with Crippen LogP contribution in [-0.2, 0) is 37.5 Å². The van der Waals surface area contributed by atoms with Crippen molar-refractivity contribution in [3.8, 4) is 0 Å². The first kappa shape index (κ1) is 44.4. The molecule has 0 saturated heterocycles. The zero-order valence-corrected chi connectivity index (χ0v) is 30.1. The second-order valence-corrected chi connectivity index (χ2v) is 14.5. The number of carbonyl (C=O) groups excluding carboxylic acids is 3. The van der Waals surface area contributed by atoms with E-state index in [1.807, 2.05) is 21.1 Å². The van der Waals surface area contributed by atoms with E-state index < -0.39 is 38.6 Å². The Morgan fingerprint density at radius 1 is 0.783 bits per heavy atom. The molecule has 0 fully saturated rings. The first-order chi connectivity index (χ1) is 21.9. The molecule has 0 aromatic carbocycles. The summed E-state index contributed by atoms with van der Waals surface area (Å²) in [5.41, 5.74) is 0. The molecule has 0 radical (unpaired) electrons. The third kappa shape index (κ3) is 31.0. The van der Waals surface area contributed by atoms with Gasteiger partial charge in [-0.25, -0.2) is 0 Å². The molecule has 12 heteroatoms. The minimum atomic E-state index is -4.68. The summed E-state index contributed by atoms with van der Waals surface area (Å²) in [5.74, 6) is -1.12. The van der Waals surface area contributed by atoms with Gasteiger partial charge in [-0.2, -0.15) is 0 Å². The van der Waals surface area contributed by atoms with Crippen LogP contribution in [0.15, 0.2) is 12.2 Å². The van der Waals surface area contributed by atoms with Gasteiger partial charge in [-0.15, -0.1) is 0 Å². The van der Waals surface area contributed by atoms with Crippen LogP contribution in [0.2, 0.25) is 0 Å². The molecule has 1 N–H and O–H groups in total. The van der Waals surface area contributed by atoms with Crippen LogP contribution in [0.3, 0.4) is 0 Å². The Morgan fingerprint density at radius 3 is 1.83 bits per heavy atom. The Balaban J connectivity index is 4.40. The predicted octanol–water partition coefficient (Wildman–Crippen LogP) is 6.20. The highest BCUT2D eigenvalue weighted by Gasteiger charge is 2.22. The van der Waals surface area contributed by atoms with Gasteiger partial charge in [0.25, 0.3) is 7.82 Å². The highest BCUT2D eigenvalue weighted by molar-refractivity contribution is 7.45. The molecule has 11 nitrogen and oxygen atoms in total. The Kier molecular flexibility index (Phi) is 27.4. The van der Waals surface area contributed by atoms with Crippen LogP contribution in [-0.4, -0.2) is 87.5 Å². The number of likely N-dealkylation sites (N-methyl/N-ethyl adjacent to an activating group) is 1. The van der Waals surface area contributed by atoms with Crippen molar-refractivity contribution < 1.29 is 52.0 Å². The third-order valence-corrected chi connectivity index (χ3v) is 8.40. The van der Waals surface area contributed by atoms with Gasteiger partial charge >= 0.3 is 11.9 Å². The van der Waals surface area contributed by atoms with Crippen molar-refractivity contribution in [2.75, 3.05) is 47.5 Å². The Hall–Kier alpha value is -1.62. The largest absolute Gasteiger partial charge is 0.756 e. The Morgan fingerprint density at radius 2 is 1.30 bits per heavy atom. The smallest absolute Gasteiger partial charge is 0.306 e. The molecule has 0 spiro atoms. The lowest BCUT2D eigenvalue weighted by Gasteiger charge is -2.28. The van der Waals surface area contributed by atoms with Crippen LogP contribution in [0.5, 0.6) is 0 Å². The molecule has 0 bridgehead atoms. The van der Waals surface area contributed by atoms with Crippen molar-refractivity contribution in [3.05, 3.63) is 12.2 Å². The van der Waals surface area contributed by atoms with Gasteiger partial charge in [-0.1, -0.05) is 103 Å². The van der Waals surface area contributed by atoms with E-state index in [-0.39, 0.29) is 38.9 Å². The average Bonchev–Trinajstić information content (AvgIpc) is 2.98. The molecule has 2 unspecified atom stereocenters. The number of quaternary nitrogens is 1. The number of esters is 2. The number of carbonyl (C=O) groups is 3. The number of ether oxygens (including phenoxy) is 2. The van der Waals surface area contributed by atoms with E-state index in [9.17, 15) is 28.9 Å². The molecule has 0 aromatic rings. The van der Waals surface area contributed by atoms with Gasteiger partial charge in [0.05, 0.1) is 33.9 Å². The summed E-state index contributed by atoms with van der Waals surface area (Å²) in [6, 6.07) is 0. The SMILES string of the molecule is CCCCCCCCCCCCCCCCCC(=O)OC[C@H](COP(=O)([O-])OCC[N+](C)(C)C)OC(=O)CCCC(O)C=CC=O. The van der Waals surface area contributed by atoms with E-state index in [1.54, 1.807) is 0 Å². The van der Waals surface area contributed by atoms with Crippen molar-refractivity contribution in [1.29, 1.82) is 0 Å². The third-order valence-electron chi connectivity index (χ3n) is 7.44. The van der Waals surface area contributed by atoms with Gasteiger partial charge in [0, 0.05) is 12.8 Å². The van der Waals surface area contributed by atoms with Crippen LogP contribution in [0.1, 0.15) is 129 Å². The zero-order chi connectivity index (χ0) is 34.5. The summed E-state index contributed by atoms with van der Waals surface area (Å²) >= 11 is 0. The number of hydrogen-bond donors (Lipinski definition) is 1. The van der Waals surface area contributed by atoms with Gasteiger partial charge < -0.3 is 33.0 Å². The van der Waals surface area contributed by atoms with Crippen LogP contribution < -0.4 is 4.89 Å². The predicted molar refractivity (Wildman–Crippen MR) is 178 cm³/mol. The minimum Gasteiger partial charge on any atom is -0.756 e. The molecule has 0 aliphatic rings. The fraction of sp³-hybridized carbons (Fsp3) is 0.853. The summed E-state index contributed by atoms with van der Waals surface area (Å²) in [7, 11) is 0.993. The topological polar surface area (TPSA) is 148 Å². The number of phosphoric ester groups is 1. The maximum absolute atomic E-state index is 12.4. The standard InChI is InChI=1S/C34H64NO10P/c1-5-6-7-8-9-10-11-12-13-14-15-16-17-18-19-24-33(38)42-29-32(30-44-46(40,41)43-28-26-35(2,3)4)45-34(39)25-20-22-31(37)23-21-27-36/h21,23,27,31-32,37H,5-20,22,24-26,28-30H2,1-4H3/t31?,32-/m1/s1. The normalized spacial score (nSPS) is 14.6. The zero-order valence-electron chi connectivity index (χ0n) is 29.2. The summed E-state index contributed by atoms with van der Waals surface area (Å²) in [6.45, 7) is 1.68. The average molecular weight is 678 g/mol. The lowest BCUT2D eigenvalue weighted by molar-refractivity contribution is -0.870. The van der Waals surface area contributed by atoms with Crippen molar-refractivity contribution >= 4 is 26.0 Å². The molecule has 46 heavy (non-hydrogen) atoms. The molecule has 0 saturated carbocycles. The Labute approximate surface area is 278 Å². The lowest BCUT2D eigenvalue weighted by Crippen LogP contribution is -2.37. The molecule has 0 amide bonds. The number of hydrogen-bond acceptors (Lipinski definition) is 10. The first-order valence-electron chi connectivity index (χ1n) is 17.4. The number of aliphatic hydroxyl groups excluding tert-OH is 1. The quantitative estimate of drug-likeness (QED) is 0.0218. The summed E-state index contributed by atoms with van der Waals surface area (Å²) in [5, 5.41) is 9.76. The highest BCUT2D eigenvalue weighted by atomic mass is 31.2. The van der Waals surface area contributed by atoms with E-state index in [2.05, 4.69) is 6.92 Å². The number of unbranched alkanes of at least 4 members (excludes halogenated alkanes) is 14. The van der Waals surface area contributed by atoms with Crippen molar-refractivity contribution in [2.24, 2.45) is 0 Å². The maximum atomic E-state index is 12.4. The molecule has 0 aromatic heterocycles. The summed E-state index contributed by atoms with van der Waals surface area (Å²) in [4.78, 5) is 47.3. The van der Waals surface area contributed by atoms with Gasteiger partial charge in [0.15, 0.2) is 6.10 Å². The van der Waals surface area contributed by atoms with Crippen molar-refractivity contribution in [1.82, 2.24) is 0 Å². The van der Waals surface area contributed by atoms with Crippen LogP contribution in [0.25, 0.3) is 0 Å². The van der Waals surface area contributed by atoms with Gasteiger partial charge in [0.2, 0.25) is 0 Å². The first-order valence-corrected chi connectivity index (χ1v) is 18.9.